The second-order valence-corrected chi connectivity index (χ2v) is 4.51. The van der Waals surface area contributed by atoms with Gasteiger partial charge in [0.25, 0.3) is 0 Å². The van der Waals surface area contributed by atoms with E-state index >= 15 is 0 Å². The molecule has 1 N–H and O–H groups in total. The van der Waals surface area contributed by atoms with Crippen molar-refractivity contribution in [2.75, 3.05) is 0 Å². The van der Waals surface area contributed by atoms with Gasteiger partial charge in [-0.05, 0) is 18.8 Å². The summed E-state index contributed by atoms with van der Waals surface area (Å²) in [5.74, 6) is -0.273. The highest BCUT2D eigenvalue weighted by atomic mass is 16.4. The maximum atomic E-state index is 11.4. The number of Topliss-reactive ketones (excluding diaryl/α,β-unsaturated/α-hetero) is 1. The molecule has 1 rings (SSSR count). The lowest BCUT2D eigenvalue weighted by molar-refractivity contribution is -0.156. The smallest absolute Gasteiger partial charge is 0.309 e. The highest BCUT2D eigenvalue weighted by Gasteiger charge is 2.46. The molecule has 0 aromatic rings. The van der Waals surface area contributed by atoms with Crippen LogP contribution in [-0.4, -0.2) is 16.9 Å². The number of carbonyl (C=O) groups is 2. The maximum Gasteiger partial charge on any atom is 0.309 e. The summed E-state index contributed by atoms with van der Waals surface area (Å²) in [5.41, 5.74) is -0.628. The summed E-state index contributed by atoms with van der Waals surface area (Å²) in [5, 5.41) is 9.40. The second kappa shape index (κ2) is 4.77. The van der Waals surface area contributed by atoms with Gasteiger partial charge in [-0.2, -0.15) is 0 Å². The van der Waals surface area contributed by atoms with Crippen molar-refractivity contribution in [3.05, 3.63) is 0 Å². The van der Waals surface area contributed by atoms with Crippen LogP contribution in [0.4, 0.5) is 0 Å². The molecule has 3 nitrogen and oxygen atoms in total. The molecule has 0 spiro atoms. The molecule has 0 saturated heterocycles. The lowest BCUT2D eigenvalue weighted by Crippen LogP contribution is -2.41. The van der Waals surface area contributed by atoms with Crippen molar-refractivity contribution in [2.45, 2.75) is 52.4 Å². The average Bonchev–Trinajstić information content (AvgIpc) is 2.22. The molecule has 1 saturated carbocycles. The molecule has 15 heavy (non-hydrogen) atoms. The van der Waals surface area contributed by atoms with Crippen LogP contribution in [0, 0.1) is 11.3 Å². The quantitative estimate of drug-likeness (QED) is 0.779. The van der Waals surface area contributed by atoms with Gasteiger partial charge < -0.3 is 5.11 Å². The first-order chi connectivity index (χ1) is 7.06. The molecule has 1 aliphatic rings. The van der Waals surface area contributed by atoms with Crippen LogP contribution in [-0.2, 0) is 9.59 Å². The Hall–Kier alpha value is -0.860. The molecule has 86 valence electrons. The molecule has 0 unspecified atom stereocenters. The molecule has 0 aromatic carbocycles. The number of rotatable bonds is 4. The van der Waals surface area contributed by atoms with E-state index in [9.17, 15) is 14.7 Å². The number of carboxylic acids is 1. The average molecular weight is 212 g/mol. The zero-order valence-corrected chi connectivity index (χ0v) is 9.58. The normalized spacial score (nSPS) is 20.6. The molecule has 0 bridgehead atoms. The number of aliphatic carboxylic acids is 1. The van der Waals surface area contributed by atoms with Gasteiger partial charge in [0.1, 0.15) is 5.78 Å². The first kappa shape index (κ1) is 12.2. The summed E-state index contributed by atoms with van der Waals surface area (Å²) in [4.78, 5) is 22.6. The Balaban J connectivity index is 2.88. The number of carbonyl (C=O) groups excluding carboxylic acids is 1. The first-order valence-electron chi connectivity index (χ1n) is 5.82. The molecule has 0 heterocycles. The molecule has 1 fully saturated rings. The van der Waals surface area contributed by atoms with Crippen molar-refractivity contribution in [1.82, 2.24) is 0 Å². The largest absolute Gasteiger partial charge is 0.481 e. The molecule has 0 aromatic heterocycles. The fourth-order valence-corrected chi connectivity index (χ4v) is 2.84. The van der Waals surface area contributed by atoms with E-state index in [0.717, 1.165) is 12.8 Å². The topological polar surface area (TPSA) is 54.4 Å². The highest BCUT2D eigenvalue weighted by Crippen LogP contribution is 2.44. The van der Waals surface area contributed by atoms with E-state index in [2.05, 4.69) is 0 Å². The van der Waals surface area contributed by atoms with Crippen molar-refractivity contribution in [2.24, 2.45) is 11.3 Å². The summed E-state index contributed by atoms with van der Waals surface area (Å²) in [6, 6.07) is 0. The summed E-state index contributed by atoms with van der Waals surface area (Å²) in [6.45, 7) is 4.07. The third-order valence-electron chi connectivity index (χ3n) is 3.89. The molecule has 0 amide bonds. The van der Waals surface area contributed by atoms with Crippen molar-refractivity contribution in [3.63, 3.8) is 0 Å². The Morgan fingerprint density at radius 1 is 1.33 bits per heavy atom. The Kier molecular flexibility index (Phi) is 3.89. The van der Waals surface area contributed by atoms with Crippen molar-refractivity contribution in [1.29, 1.82) is 0 Å². The predicted octanol–water partition coefficient (Wildman–Crippen LogP) is 2.64. The molecule has 0 aliphatic heterocycles. The maximum absolute atomic E-state index is 11.4. The predicted molar refractivity (Wildman–Crippen MR) is 57.6 cm³/mol. The number of hydrogen-bond donors (Lipinski definition) is 1. The zero-order valence-electron chi connectivity index (χ0n) is 9.58. The lowest BCUT2D eigenvalue weighted by atomic mass is 9.64. The minimum absolute atomic E-state index is 0.211. The van der Waals surface area contributed by atoms with Crippen LogP contribution in [0.2, 0.25) is 0 Å². The van der Waals surface area contributed by atoms with Crippen LogP contribution in [0.3, 0.4) is 0 Å². The van der Waals surface area contributed by atoms with Gasteiger partial charge >= 0.3 is 5.97 Å². The fraction of sp³-hybridized carbons (Fsp3) is 0.833. The summed E-state index contributed by atoms with van der Waals surface area (Å²) < 4.78 is 0. The van der Waals surface area contributed by atoms with Crippen molar-refractivity contribution in [3.8, 4) is 0 Å². The Labute approximate surface area is 90.9 Å². The van der Waals surface area contributed by atoms with Gasteiger partial charge in [0, 0.05) is 12.8 Å². The zero-order chi connectivity index (χ0) is 11.5. The van der Waals surface area contributed by atoms with Crippen molar-refractivity contribution < 1.29 is 14.7 Å². The summed E-state index contributed by atoms with van der Waals surface area (Å²) in [6.07, 6.45) is 3.74. The molecular weight excluding hydrogens is 192 g/mol. The van der Waals surface area contributed by atoms with Crippen LogP contribution < -0.4 is 0 Å². The first-order valence-corrected chi connectivity index (χ1v) is 5.82. The van der Waals surface area contributed by atoms with Gasteiger partial charge in [-0.3, -0.25) is 9.59 Å². The van der Waals surface area contributed by atoms with Crippen LogP contribution in [0.1, 0.15) is 52.4 Å². The summed E-state index contributed by atoms with van der Waals surface area (Å²) in [7, 11) is 0. The summed E-state index contributed by atoms with van der Waals surface area (Å²) >= 11 is 0. The second-order valence-electron chi connectivity index (χ2n) is 4.51. The van der Waals surface area contributed by atoms with Gasteiger partial charge in [-0.15, -0.1) is 0 Å². The molecule has 3 heteroatoms. The van der Waals surface area contributed by atoms with E-state index in [0.29, 0.717) is 25.7 Å². The Bertz CT molecular complexity index is 244. The van der Waals surface area contributed by atoms with Crippen LogP contribution >= 0.6 is 0 Å². The highest BCUT2D eigenvalue weighted by molar-refractivity contribution is 5.84. The fourth-order valence-electron chi connectivity index (χ4n) is 2.84. The van der Waals surface area contributed by atoms with E-state index < -0.39 is 11.4 Å². The number of hydrogen-bond acceptors (Lipinski definition) is 2. The molecule has 0 atom stereocenters. The van der Waals surface area contributed by atoms with Crippen molar-refractivity contribution >= 4 is 11.8 Å². The minimum atomic E-state index is -0.705. The van der Waals surface area contributed by atoms with Gasteiger partial charge in [0.2, 0.25) is 0 Å². The molecule has 1 aliphatic carbocycles. The van der Waals surface area contributed by atoms with Crippen LogP contribution in [0.25, 0.3) is 0 Å². The van der Waals surface area contributed by atoms with Gasteiger partial charge in [-0.25, -0.2) is 0 Å². The van der Waals surface area contributed by atoms with E-state index in [1.165, 1.54) is 0 Å². The van der Waals surface area contributed by atoms with Gasteiger partial charge in [-0.1, -0.05) is 26.7 Å². The third kappa shape index (κ3) is 2.21. The van der Waals surface area contributed by atoms with E-state index in [-0.39, 0.29) is 11.7 Å². The van der Waals surface area contributed by atoms with E-state index in [4.69, 9.17) is 0 Å². The van der Waals surface area contributed by atoms with Crippen LogP contribution in [0.5, 0.6) is 0 Å². The minimum Gasteiger partial charge on any atom is -0.481 e. The van der Waals surface area contributed by atoms with Gasteiger partial charge in [0.15, 0.2) is 0 Å². The SMILES string of the molecule is CCC(CC)C1(C(=O)O)CCC(=O)CC1. The monoisotopic (exact) mass is 212 g/mol. The Morgan fingerprint density at radius 3 is 2.13 bits per heavy atom. The molecule has 0 radical (unpaired) electrons. The van der Waals surface area contributed by atoms with Crippen LogP contribution in [0.15, 0.2) is 0 Å². The van der Waals surface area contributed by atoms with E-state index in [1.807, 2.05) is 13.8 Å². The number of ketones is 1. The standard InChI is InChI=1S/C12H20O3/c1-3-9(4-2)12(11(14)15)7-5-10(13)6-8-12/h9H,3-8H2,1-2H3,(H,14,15). The third-order valence-corrected chi connectivity index (χ3v) is 3.89. The number of carboxylic acid groups (broad SMARTS) is 1. The molecular formula is C12H20O3. The Morgan fingerprint density at radius 2 is 1.80 bits per heavy atom. The van der Waals surface area contributed by atoms with E-state index in [1.54, 1.807) is 0 Å². The lowest BCUT2D eigenvalue weighted by Gasteiger charge is -2.39. The van der Waals surface area contributed by atoms with Gasteiger partial charge in [0.05, 0.1) is 5.41 Å².